The summed E-state index contributed by atoms with van der Waals surface area (Å²) in [6, 6.07) is 19.0. The molecule has 0 radical (unpaired) electrons. The number of fused-ring (bicyclic) bond motifs is 1. The lowest BCUT2D eigenvalue weighted by atomic mass is 10.2. The van der Waals surface area contributed by atoms with Crippen molar-refractivity contribution in [3.63, 3.8) is 0 Å². The van der Waals surface area contributed by atoms with Crippen molar-refractivity contribution in [2.45, 2.75) is 13.0 Å². The molecule has 0 fully saturated rings. The van der Waals surface area contributed by atoms with Crippen molar-refractivity contribution in [1.82, 2.24) is 5.43 Å². The molecule has 0 bridgehead atoms. The van der Waals surface area contributed by atoms with Crippen LogP contribution in [-0.2, 0) is 4.79 Å². The molecule has 184 valence electrons. The molecule has 7 nitrogen and oxygen atoms in total. The van der Waals surface area contributed by atoms with Crippen LogP contribution in [-0.4, -0.2) is 31.3 Å². The molecule has 1 atom stereocenters. The smallest absolute Gasteiger partial charge is 0.355 e. The van der Waals surface area contributed by atoms with Gasteiger partial charge in [-0.25, -0.2) is 10.2 Å². The van der Waals surface area contributed by atoms with Crippen LogP contribution in [0.5, 0.6) is 17.2 Å². The fourth-order valence-corrected chi connectivity index (χ4v) is 4.68. The van der Waals surface area contributed by atoms with Gasteiger partial charge in [0, 0.05) is 15.1 Å². The fraction of sp³-hybridized carbons (Fsp3) is 0.115. The maximum absolute atomic E-state index is 12.8. The van der Waals surface area contributed by atoms with Crippen LogP contribution < -0.4 is 19.6 Å². The van der Waals surface area contributed by atoms with Gasteiger partial charge < -0.3 is 14.2 Å². The molecule has 0 aliphatic rings. The molecule has 4 rings (SSSR count). The number of hydrogen-bond donors (Lipinski definition) is 1. The van der Waals surface area contributed by atoms with Gasteiger partial charge in [0.25, 0.3) is 5.91 Å². The molecule has 1 heterocycles. The first-order valence-corrected chi connectivity index (χ1v) is 12.3. The third-order valence-corrected chi connectivity index (χ3v) is 6.90. The normalized spacial score (nSPS) is 11.9. The van der Waals surface area contributed by atoms with Crippen molar-refractivity contribution in [2.24, 2.45) is 5.10 Å². The maximum atomic E-state index is 12.8. The van der Waals surface area contributed by atoms with Gasteiger partial charge in [0.2, 0.25) is 0 Å². The molecule has 0 aliphatic heterocycles. The molecule has 1 amide bonds. The van der Waals surface area contributed by atoms with Crippen molar-refractivity contribution < 1.29 is 23.8 Å². The van der Waals surface area contributed by atoms with Crippen molar-refractivity contribution in [1.29, 1.82) is 0 Å². The highest BCUT2D eigenvalue weighted by Gasteiger charge is 2.20. The Labute approximate surface area is 221 Å². The Hall–Kier alpha value is -3.59. The number of carbonyl (C=O) groups is 2. The van der Waals surface area contributed by atoms with Crippen LogP contribution in [0.15, 0.2) is 71.8 Å². The van der Waals surface area contributed by atoms with Crippen LogP contribution in [0.1, 0.15) is 22.2 Å². The molecule has 0 saturated heterocycles. The van der Waals surface area contributed by atoms with Gasteiger partial charge in [-0.15, -0.1) is 11.3 Å². The second-order valence-corrected chi connectivity index (χ2v) is 9.36. The zero-order valence-corrected chi connectivity index (χ0v) is 21.5. The van der Waals surface area contributed by atoms with E-state index < -0.39 is 18.0 Å². The minimum Gasteiger partial charge on any atom is -0.493 e. The van der Waals surface area contributed by atoms with E-state index in [1.165, 1.54) is 24.7 Å². The molecule has 0 spiro atoms. The van der Waals surface area contributed by atoms with E-state index in [9.17, 15) is 9.59 Å². The van der Waals surface area contributed by atoms with E-state index in [0.717, 1.165) is 10.1 Å². The van der Waals surface area contributed by atoms with Gasteiger partial charge in [-0.3, -0.25) is 4.79 Å². The molecule has 10 heteroatoms. The van der Waals surface area contributed by atoms with E-state index in [4.69, 9.17) is 37.4 Å². The Balaban J connectivity index is 1.39. The Morgan fingerprint density at radius 3 is 2.50 bits per heavy atom. The van der Waals surface area contributed by atoms with E-state index in [1.807, 2.05) is 24.3 Å². The summed E-state index contributed by atoms with van der Waals surface area (Å²) >= 11 is 13.5. The van der Waals surface area contributed by atoms with Gasteiger partial charge >= 0.3 is 5.97 Å². The van der Waals surface area contributed by atoms with Crippen LogP contribution in [0.25, 0.3) is 10.1 Å². The molecule has 1 aromatic heterocycles. The highest BCUT2D eigenvalue weighted by Crippen LogP contribution is 2.37. The largest absolute Gasteiger partial charge is 0.493 e. The molecule has 36 heavy (non-hydrogen) atoms. The lowest BCUT2D eigenvalue weighted by Gasteiger charge is -2.13. The first-order valence-electron chi connectivity index (χ1n) is 10.7. The second kappa shape index (κ2) is 11.4. The molecule has 3 aromatic carbocycles. The minimum absolute atomic E-state index is 0.224. The molecular weight excluding hydrogens is 523 g/mol. The standard InChI is InChI=1S/C26H20Cl2N2O5S/c1-15(34-18-10-8-17(27)9-11-18)25(31)30-29-14-16-7-12-20(21(13-16)33-2)35-26(32)24-23(28)19-5-3-4-6-22(19)36-24/h3-15H,1-2H3,(H,30,31)/b29-14-/t15-/m1/s1. The summed E-state index contributed by atoms with van der Waals surface area (Å²) in [5, 5.41) is 5.69. The number of hydrazone groups is 1. The summed E-state index contributed by atoms with van der Waals surface area (Å²) in [6.45, 7) is 1.61. The maximum Gasteiger partial charge on any atom is 0.355 e. The number of rotatable bonds is 8. The van der Waals surface area contributed by atoms with Crippen LogP contribution in [0.2, 0.25) is 10.0 Å². The van der Waals surface area contributed by atoms with Gasteiger partial charge in [0.1, 0.15) is 10.6 Å². The Bertz CT molecular complexity index is 1440. The molecule has 4 aromatic rings. The summed E-state index contributed by atoms with van der Waals surface area (Å²) < 4.78 is 17.4. The SMILES string of the molecule is COc1cc(/C=N\NC(=O)[C@@H](C)Oc2ccc(Cl)cc2)ccc1OC(=O)c1sc2ccccc2c1Cl. The number of benzene rings is 3. The molecule has 0 unspecified atom stereocenters. The summed E-state index contributed by atoms with van der Waals surface area (Å²) in [4.78, 5) is 25.3. The van der Waals surface area contributed by atoms with E-state index in [2.05, 4.69) is 10.5 Å². The third kappa shape index (κ3) is 5.96. The number of thiophene rings is 1. The van der Waals surface area contributed by atoms with Gasteiger partial charge in [0.05, 0.1) is 18.3 Å². The number of hydrogen-bond acceptors (Lipinski definition) is 7. The van der Waals surface area contributed by atoms with E-state index in [0.29, 0.717) is 32.0 Å². The third-order valence-electron chi connectivity index (χ3n) is 4.99. The van der Waals surface area contributed by atoms with Gasteiger partial charge in [-0.2, -0.15) is 5.10 Å². The van der Waals surface area contributed by atoms with E-state index in [-0.39, 0.29) is 5.75 Å². The minimum atomic E-state index is -0.777. The zero-order valence-electron chi connectivity index (χ0n) is 19.2. The molecule has 1 N–H and O–H groups in total. The number of methoxy groups -OCH3 is 1. The van der Waals surface area contributed by atoms with Crippen molar-refractivity contribution in [3.05, 3.63) is 87.2 Å². The van der Waals surface area contributed by atoms with Crippen LogP contribution in [0.3, 0.4) is 0 Å². The van der Waals surface area contributed by atoms with Gasteiger partial charge in [-0.05, 0) is 61.0 Å². The molecule has 0 saturated carbocycles. The Morgan fingerprint density at radius 2 is 1.78 bits per heavy atom. The van der Waals surface area contributed by atoms with E-state index >= 15 is 0 Å². The van der Waals surface area contributed by atoms with Gasteiger partial charge in [-0.1, -0.05) is 41.4 Å². The summed E-state index contributed by atoms with van der Waals surface area (Å²) in [6.07, 6.45) is 0.657. The number of carbonyl (C=O) groups excluding carboxylic acids is 2. The molecule has 0 aliphatic carbocycles. The monoisotopic (exact) mass is 542 g/mol. The number of amides is 1. The topological polar surface area (TPSA) is 86.2 Å². The van der Waals surface area contributed by atoms with E-state index in [1.54, 1.807) is 49.4 Å². The Morgan fingerprint density at radius 1 is 1.03 bits per heavy atom. The number of ether oxygens (including phenoxy) is 3. The first kappa shape index (κ1) is 25.5. The number of nitrogens with one attached hydrogen (secondary N) is 1. The summed E-state index contributed by atoms with van der Waals surface area (Å²) in [5.74, 6) is 0.0390. The van der Waals surface area contributed by atoms with Crippen LogP contribution in [0.4, 0.5) is 0 Å². The van der Waals surface area contributed by atoms with Crippen molar-refractivity contribution in [2.75, 3.05) is 7.11 Å². The number of esters is 1. The van der Waals surface area contributed by atoms with Gasteiger partial charge in [0.15, 0.2) is 17.6 Å². The predicted octanol–water partition coefficient (Wildman–Crippen LogP) is 6.35. The van der Waals surface area contributed by atoms with Crippen LogP contribution >= 0.6 is 34.5 Å². The number of nitrogens with zero attached hydrogens (tertiary/aromatic N) is 1. The highest BCUT2D eigenvalue weighted by molar-refractivity contribution is 7.21. The zero-order chi connectivity index (χ0) is 25.7. The number of halogens is 2. The average molecular weight is 543 g/mol. The summed E-state index contributed by atoms with van der Waals surface area (Å²) in [5.41, 5.74) is 3.04. The first-order chi connectivity index (χ1) is 17.4. The average Bonchev–Trinajstić information content (AvgIpc) is 3.22. The second-order valence-electron chi connectivity index (χ2n) is 7.49. The Kier molecular flexibility index (Phi) is 8.10. The predicted molar refractivity (Wildman–Crippen MR) is 142 cm³/mol. The lowest BCUT2D eigenvalue weighted by molar-refractivity contribution is -0.127. The fourth-order valence-electron chi connectivity index (χ4n) is 3.17. The van der Waals surface area contributed by atoms with Crippen LogP contribution in [0, 0.1) is 0 Å². The van der Waals surface area contributed by atoms with Crippen molar-refractivity contribution in [3.8, 4) is 17.2 Å². The van der Waals surface area contributed by atoms with Crippen molar-refractivity contribution >= 4 is 62.7 Å². The lowest BCUT2D eigenvalue weighted by Crippen LogP contribution is -2.33. The quantitative estimate of drug-likeness (QED) is 0.121. The summed E-state index contributed by atoms with van der Waals surface area (Å²) in [7, 11) is 1.46. The molecular formula is C26H20Cl2N2O5S. The highest BCUT2D eigenvalue weighted by atomic mass is 35.5.